The molecule has 0 amide bonds. The van der Waals surface area contributed by atoms with E-state index in [1.54, 1.807) is 12.1 Å². The SMILES string of the molecule is CCOc1ccc(C)cc1S(=O)(=O)NCC1CCCN1c1ccccc1. The molecule has 2 aromatic rings. The van der Waals surface area contributed by atoms with E-state index in [0.717, 1.165) is 30.6 Å². The maximum Gasteiger partial charge on any atom is 0.244 e. The van der Waals surface area contributed by atoms with Gasteiger partial charge in [0.25, 0.3) is 0 Å². The molecule has 1 saturated heterocycles. The van der Waals surface area contributed by atoms with Gasteiger partial charge >= 0.3 is 0 Å². The second-order valence-electron chi connectivity index (χ2n) is 6.56. The van der Waals surface area contributed by atoms with Gasteiger partial charge < -0.3 is 9.64 Å². The Bertz CT molecular complexity index is 837. The lowest BCUT2D eigenvalue weighted by Crippen LogP contribution is -2.40. The summed E-state index contributed by atoms with van der Waals surface area (Å²) in [6.07, 6.45) is 2.04. The number of rotatable bonds is 7. The Hall–Kier alpha value is -2.05. The van der Waals surface area contributed by atoms with E-state index in [9.17, 15) is 8.42 Å². The second-order valence-corrected chi connectivity index (χ2v) is 8.30. The lowest BCUT2D eigenvalue weighted by Gasteiger charge is -2.27. The van der Waals surface area contributed by atoms with Gasteiger partial charge in [-0.05, 0) is 56.5 Å². The molecule has 0 aliphatic carbocycles. The van der Waals surface area contributed by atoms with Crippen LogP contribution in [0.5, 0.6) is 5.75 Å². The molecule has 0 radical (unpaired) electrons. The largest absolute Gasteiger partial charge is 0.492 e. The van der Waals surface area contributed by atoms with E-state index < -0.39 is 10.0 Å². The van der Waals surface area contributed by atoms with Crippen molar-refractivity contribution in [3.63, 3.8) is 0 Å². The fourth-order valence-electron chi connectivity index (χ4n) is 3.39. The molecule has 1 heterocycles. The van der Waals surface area contributed by atoms with Gasteiger partial charge in [0.2, 0.25) is 10.0 Å². The molecule has 1 aliphatic heterocycles. The van der Waals surface area contributed by atoms with E-state index in [4.69, 9.17) is 4.74 Å². The van der Waals surface area contributed by atoms with Gasteiger partial charge in [-0.1, -0.05) is 24.3 Å². The fraction of sp³-hybridized carbons (Fsp3) is 0.400. The van der Waals surface area contributed by atoms with Crippen molar-refractivity contribution in [2.75, 3.05) is 24.6 Å². The number of para-hydroxylation sites is 1. The van der Waals surface area contributed by atoms with Gasteiger partial charge in [-0.2, -0.15) is 0 Å². The number of benzene rings is 2. The van der Waals surface area contributed by atoms with Crippen LogP contribution in [0, 0.1) is 6.92 Å². The molecule has 1 N–H and O–H groups in total. The predicted molar refractivity (Wildman–Crippen MR) is 104 cm³/mol. The smallest absolute Gasteiger partial charge is 0.244 e. The average molecular weight is 375 g/mol. The first-order valence-electron chi connectivity index (χ1n) is 9.06. The molecule has 1 atom stereocenters. The van der Waals surface area contributed by atoms with Crippen LogP contribution in [0.15, 0.2) is 53.4 Å². The summed E-state index contributed by atoms with van der Waals surface area (Å²) in [5.74, 6) is 0.400. The van der Waals surface area contributed by atoms with Gasteiger partial charge in [-0.15, -0.1) is 0 Å². The summed E-state index contributed by atoms with van der Waals surface area (Å²) < 4.78 is 34.0. The molecule has 1 unspecified atom stereocenters. The zero-order valence-corrected chi connectivity index (χ0v) is 16.1. The highest BCUT2D eigenvalue weighted by atomic mass is 32.2. The summed E-state index contributed by atoms with van der Waals surface area (Å²) in [6.45, 7) is 5.49. The third kappa shape index (κ3) is 4.19. The normalized spacial score (nSPS) is 17.5. The summed E-state index contributed by atoms with van der Waals surface area (Å²) in [5, 5.41) is 0. The Morgan fingerprint density at radius 2 is 1.96 bits per heavy atom. The minimum absolute atomic E-state index is 0.160. The number of anilines is 1. The lowest BCUT2D eigenvalue weighted by molar-refractivity contribution is 0.331. The third-order valence-electron chi connectivity index (χ3n) is 4.66. The molecule has 0 spiro atoms. The molecule has 140 valence electrons. The Morgan fingerprint density at radius 1 is 1.19 bits per heavy atom. The van der Waals surface area contributed by atoms with Crippen molar-refractivity contribution >= 4 is 15.7 Å². The van der Waals surface area contributed by atoms with Crippen LogP contribution in [0.1, 0.15) is 25.3 Å². The van der Waals surface area contributed by atoms with E-state index in [1.165, 1.54) is 0 Å². The highest BCUT2D eigenvalue weighted by Crippen LogP contribution is 2.27. The summed E-state index contributed by atoms with van der Waals surface area (Å²) in [6, 6.07) is 15.6. The number of hydrogen-bond acceptors (Lipinski definition) is 4. The van der Waals surface area contributed by atoms with E-state index in [2.05, 4.69) is 21.8 Å². The van der Waals surface area contributed by atoms with Crippen molar-refractivity contribution in [3.05, 3.63) is 54.1 Å². The molecule has 1 fully saturated rings. The van der Waals surface area contributed by atoms with Crippen LogP contribution in [0.25, 0.3) is 0 Å². The van der Waals surface area contributed by atoms with Crippen molar-refractivity contribution < 1.29 is 13.2 Å². The van der Waals surface area contributed by atoms with Gasteiger partial charge in [0.15, 0.2) is 0 Å². The first-order valence-corrected chi connectivity index (χ1v) is 10.5. The molecular weight excluding hydrogens is 348 g/mol. The average Bonchev–Trinajstić information content (AvgIpc) is 3.11. The van der Waals surface area contributed by atoms with Crippen LogP contribution in [0.3, 0.4) is 0 Å². The van der Waals surface area contributed by atoms with Crippen LogP contribution >= 0.6 is 0 Å². The minimum Gasteiger partial charge on any atom is -0.492 e. The summed E-state index contributed by atoms with van der Waals surface area (Å²) in [4.78, 5) is 2.49. The van der Waals surface area contributed by atoms with Crippen LogP contribution in [0.4, 0.5) is 5.69 Å². The first kappa shape index (κ1) is 18.7. The topological polar surface area (TPSA) is 58.6 Å². The molecule has 26 heavy (non-hydrogen) atoms. The predicted octanol–water partition coefficient (Wildman–Crippen LogP) is 3.34. The standard InChI is InChI=1S/C20H26N2O3S/c1-3-25-19-12-11-16(2)14-20(19)26(23,24)21-15-18-10-7-13-22(18)17-8-5-4-6-9-17/h4-6,8-9,11-12,14,18,21H,3,7,10,13,15H2,1-2H3. The highest BCUT2D eigenvalue weighted by Gasteiger charge is 2.27. The lowest BCUT2D eigenvalue weighted by atomic mass is 10.2. The first-order chi connectivity index (χ1) is 12.5. The molecule has 6 heteroatoms. The number of nitrogens with zero attached hydrogens (tertiary/aromatic N) is 1. The molecule has 3 rings (SSSR count). The Balaban J connectivity index is 1.75. The monoisotopic (exact) mass is 374 g/mol. The van der Waals surface area contributed by atoms with E-state index in [0.29, 0.717) is 18.9 Å². The zero-order chi connectivity index (χ0) is 18.6. The Labute approximate surface area is 156 Å². The van der Waals surface area contributed by atoms with Crippen LogP contribution < -0.4 is 14.4 Å². The molecule has 1 aliphatic rings. The number of hydrogen-bond donors (Lipinski definition) is 1. The van der Waals surface area contributed by atoms with Gasteiger partial charge in [0.1, 0.15) is 10.6 Å². The minimum atomic E-state index is -3.63. The molecule has 0 saturated carbocycles. The van der Waals surface area contributed by atoms with E-state index in [1.807, 2.05) is 38.1 Å². The Kier molecular flexibility index (Phi) is 5.84. The Morgan fingerprint density at radius 3 is 2.69 bits per heavy atom. The number of nitrogens with one attached hydrogen (secondary N) is 1. The summed E-state index contributed by atoms with van der Waals surface area (Å²) >= 11 is 0. The molecule has 2 aromatic carbocycles. The number of sulfonamides is 1. The van der Waals surface area contributed by atoms with Crippen molar-refractivity contribution in [2.24, 2.45) is 0 Å². The second kappa shape index (κ2) is 8.10. The van der Waals surface area contributed by atoms with E-state index >= 15 is 0 Å². The number of ether oxygens (including phenoxy) is 1. The quantitative estimate of drug-likeness (QED) is 0.807. The van der Waals surface area contributed by atoms with Gasteiger partial charge in [0.05, 0.1) is 6.61 Å². The van der Waals surface area contributed by atoms with Crippen molar-refractivity contribution in [3.8, 4) is 5.75 Å². The van der Waals surface area contributed by atoms with Crippen molar-refractivity contribution in [1.29, 1.82) is 0 Å². The maximum absolute atomic E-state index is 12.9. The van der Waals surface area contributed by atoms with Crippen molar-refractivity contribution in [2.45, 2.75) is 37.6 Å². The molecular formula is C20H26N2O3S. The zero-order valence-electron chi connectivity index (χ0n) is 15.3. The molecule has 0 aromatic heterocycles. The van der Waals surface area contributed by atoms with Gasteiger partial charge in [0, 0.05) is 24.8 Å². The van der Waals surface area contributed by atoms with Crippen LogP contribution in [-0.2, 0) is 10.0 Å². The van der Waals surface area contributed by atoms with Crippen LogP contribution in [-0.4, -0.2) is 34.2 Å². The maximum atomic E-state index is 12.9. The van der Waals surface area contributed by atoms with Crippen LogP contribution in [0.2, 0.25) is 0 Å². The summed E-state index contributed by atoms with van der Waals surface area (Å²) in [5.41, 5.74) is 2.03. The molecule has 0 bridgehead atoms. The summed E-state index contributed by atoms with van der Waals surface area (Å²) in [7, 11) is -3.63. The highest BCUT2D eigenvalue weighted by molar-refractivity contribution is 7.89. The fourth-order valence-corrected chi connectivity index (χ4v) is 4.69. The van der Waals surface area contributed by atoms with Gasteiger partial charge in [-0.25, -0.2) is 13.1 Å². The third-order valence-corrected chi connectivity index (χ3v) is 6.11. The van der Waals surface area contributed by atoms with Gasteiger partial charge in [-0.3, -0.25) is 0 Å². The number of aryl methyl sites for hydroxylation is 1. The van der Waals surface area contributed by atoms with E-state index in [-0.39, 0.29) is 10.9 Å². The molecule has 5 nitrogen and oxygen atoms in total. The van der Waals surface area contributed by atoms with Crippen molar-refractivity contribution in [1.82, 2.24) is 4.72 Å².